The smallest absolute Gasteiger partial charge is 0.292 e. The van der Waals surface area contributed by atoms with E-state index in [4.69, 9.17) is 13.9 Å². The number of rotatable bonds is 8. The summed E-state index contributed by atoms with van der Waals surface area (Å²) >= 11 is 0. The number of carbonyl (C=O) groups excluding carboxylic acids is 1. The lowest BCUT2D eigenvalue weighted by Crippen LogP contribution is -2.15. The largest absolute Gasteiger partial charge is 0.494 e. The number of carbonyl (C=O) groups is 1. The summed E-state index contributed by atoms with van der Waals surface area (Å²) in [5, 5.41) is 16.3. The van der Waals surface area contributed by atoms with E-state index >= 15 is 0 Å². The van der Waals surface area contributed by atoms with Crippen molar-refractivity contribution in [1.29, 1.82) is 5.26 Å². The minimum Gasteiger partial charge on any atom is -0.494 e. The first kappa shape index (κ1) is 20.8. The molecule has 0 bridgehead atoms. The fraction of sp³-hybridized carbons (Fsp3) is 0.125. The molecule has 0 atom stereocenters. The Morgan fingerprint density at radius 1 is 1.06 bits per heavy atom. The molecule has 4 rings (SSSR count). The molecule has 8 nitrogen and oxygen atoms in total. The molecule has 4 aromatic rings. The second-order valence-corrected chi connectivity index (χ2v) is 6.68. The van der Waals surface area contributed by atoms with Crippen LogP contribution in [0.15, 0.2) is 77.3 Å². The summed E-state index contributed by atoms with van der Waals surface area (Å²) < 4.78 is 18.2. The zero-order chi connectivity index (χ0) is 22.3. The lowest BCUT2D eigenvalue weighted by Gasteiger charge is -2.08. The first-order valence-electron chi connectivity index (χ1n) is 9.97. The van der Waals surface area contributed by atoms with E-state index in [-0.39, 0.29) is 23.7 Å². The lowest BCUT2D eigenvalue weighted by molar-refractivity contribution is 0.0992. The third kappa shape index (κ3) is 4.63. The van der Waals surface area contributed by atoms with E-state index in [1.807, 2.05) is 55.5 Å². The molecule has 0 saturated carbocycles. The van der Waals surface area contributed by atoms with Crippen molar-refractivity contribution in [3.63, 3.8) is 0 Å². The van der Waals surface area contributed by atoms with Crippen LogP contribution in [0.2, 0.25) is 0 Å². The SMILES string of the molecule is CCOc1ccc(OCc2ccc(C(=O)Nc3c(C#N)cnn3-c3ccccc3)o2)cc1. The molecule has 0 saturated heterocycles. The van der Waals surface area contributed by atoms with Gasteiger partial charge in [-0.2, -0.15) is 10.4 Å². The van der Waals surface area contributed by atoms with E-state index in [1.165, 1.54) is 10.9 Å². The van der Waals surface area contributed by atoms with Crippen molar-refractivity contribution in [2.75, 3.05) is 11.9 Å². The monoisotopic (exact) mass is 428 g/mol. The summed E-state index contributed by atoms with van der Waals surface area (Å²) in [5.74, 6) is 1.78. The van der Waals surface area contributed by atoms with Gasteiger partial charge in [0.05, 0.1) is 18.5 Å². The molecule has 32 heavy (non-hydrogen) atoms. The van der Waals surface area contributed by atoms with Crippen LogP contribution in [0, 0.1) is 11.3 Å². The van der Waals surface area contributed by atoms with Gasteiger partial charge in [-0.05, 0) is 55.5 Å². The van der Waals surface area contributed by atoms with Crippen molar-refractivity contribution >= 4 is 11.7 Å². The topological polar surface area (TPSA) is 102 Å². The van der Waals surface area contributed by atoms with E-state index < -0.39 is 5.91 Å². The number of benzene rings is 2. The van der Waals surface area contributed by atoms with Gasteiger partial charge >= 0.3 is 0 Å². The number of hydrogen-bond donors (Lipinski definition) is 1. The van der Waals surface area contributed by atoms with Crippen LogP contribution < -0.4 is 14.8 Å². The molecule has 2 aromatic carbocycles. The lowest BCUT2D eigenvalue weighted by atomic mass is 10.3. The number of nitrogens with zero attached hydrogens (tertiary/aromatic N) is 3. The minimum atomic E-state index is -0.494. The average Bonchev–Trinajstić information content (AvgIpc) is 3.46. The molecule has 0 spiro atoms. The van der Waals surface area contributed by atoms with Crippen LogP contribution in [0.3, 0.4) is 0 Å². The van der Waals surface area contributed by atoms with Crippen LogP contribution in [0.4, 0.5) is 5.82 Å². The van der Waals surface area contributed by atoms with Gasteiger partial charge in [0.2, 0.25) is 0 Å². The number of aromatic nitrogens is 2. The van der Waals surface area contributed by atoms with Crippen LogP contribution in [-0.4, -0.2) is 22.3 Å². The Bertz CT molecular complexity index is 1240. The second-order valence-electron chi connectivity index (χ2n) is 6.68. The summed E-state index contributed by atoms with van der Waals surface area (Å²) in [7, 11) is 0. The standard InChI is InChI=1S/C24H20N4O4/c1-2-30-19-8-10-20(11-9-19)31-16-21-12-13-22(32-21)24(29)27-23-17(14-25)15-26-28(23)18-6-4-3-5-7-18/h3-13,15H,2,16H2,1H3,(H,27,29). The Morgan fingerprint density at radius 2 is 1.78 bits per heavy atom. The Morgan fingerprint density at radius 3 is 2.47 bits per heavy atom. The maximum Gasteiger partial charge on any atom is 0.292 e. The summed E-state index contributed by atoms with van der Waals surface area (Å²) in [4.78, 5) is 12.7. The molecule has 8 heteroatoms. The minimum absolute atomic E-state index is 0.0972. The molecule has 0 aliphatic rings. The van der Waals surface area contributed by atoms with Gasteiger partial charge in [-0.3, -0.25) is 4.79 Å². The summed E-state index contributed by atoms with van der Waals surface area (Å²) in [6.07, 6.45) is 1.40. The number of nitriles is 1. The van der Waals surface area contributed by atoms with Gasteiger partial charge in [0.1, 0.15) is 35.5 Å². The molecule has 2 heterocycles. The van der Waals surface area contributed by atoms with Crippen molar-refractivity contribution in [3.8, 4) is 23.3 Å². The fourth-order valence-electron chi connectivity index (χ4n) is 3.02. The Kier molecular flexibility index (Phi) is 6.18. The van der Waals surface area contributed by atoms with Crippen LogP contribution in [-0.2, 0) is 6.61 Å². The van der Waals surface area contributed by atoms with Gasteiger partial charge in [0.25, 0.3) is 5.91 Å². The molecule has 2 aromatic heterocycles. The first-order chi connectivity index (χ1) is 15.7. The molecule has 1 N–H and O–H groups in total. The van der Waals surface area contributed by atoms with E-state index in [9.17, 15) is 10.1 Å². The molecule has 160 valence electrons. The summed E-state index contributed by atoms with van der Waals surface area (Å²) in [6.45, 7) is 2.68. The van der Waals surface area contributed by atoms with Gasteiger partial charge < -0.3 is 19.2 Å². The highest BCUT2D eigenvalue weighted by molar-refractivity contribution is 6.02. The van der Waals surface area contributed by atoms with Crippen molar-refractivity contribution in [2.24, 2.45) is 0 Å². The number of amides is 1. The number of nitrogens with one attached hydrogen (secondary N) is 1. The fourth-order valence-corrected chi connectivity index (χ4v) is 3.02. The molecule has 0 radical (unpaired) electrons. The Hall–Kier alpha value is -4.51. The summed E-state index contributed by atoms with van der Waals surface area (Å²) in [6, 6.07) is 21.7. The second kappa shape index (κ2) is 9.53. The maximum absolute atomic E-state index is 12.7. The number of ether oxygens (including phenoxy) is 2. The molecule has 0 unspecified atom stereocenters. The Balaban J connectivity index is 1.43. The highest BCUT2D eigenvalue weighted by atomic mass is 16.5. The molecular formula is C24H20N4O4. The Labute approximate surface area is 184 Å². The normalized spacial score (nSPS) is 10.4. The van der Waals surface area contributed by atoms with E-state index in [1.54, 1.807) is 24.3 Å². The molecule has 0 aliphatic heterocycles. The number of para-hydroxylation sites is 1. The number of anilines is 1. The van der Waals surface area contributed by atoms with E-state index in [0.29, 0.717) is 23.8 Å². The molecule has 0 fully saturated rings. The van der Waals surface area contributed by atoms with Crippen molar-refractivity contribution in [2.45, 2.75) is 13.5 Å². The van der Waals surface area contributed by atoms with Gasteiger partial charge in [0.15, 0.2) is 11.6 Å². The third-order valence-corrected chi connectivity index (χ3v) is 4.52. The van der Waals surface area contributed by atoms with Crippen molar-refractivity contribution in [3.05, 3.63) is 90.0 Å². The van der Waals surface area contributed by atoms with Crippen molar-refractivity contribution < 1.29 is 18.7 Å². The predicted molar refractivity (Wildman–Crippen MR) is 117 cm³/mol. The van der Waals surface area contributed by atoms with E-state index in [0.717, 1.165) is 5.75 Å². The highest BCUT2D eigenvalue weighted by Gasteiger charge is 2.18. The maximum atomic E-state index is 12.7. The molecular weight excluding hydrogens is 408 g/mol. The predicted octanol–water partition coefficient (Wildman–Crippen LogP) is 4.57. The van der Waals surface area contributed by atoms with Gasteiger partial charge in [-0.15, -0.1) is 0 Å². The number of furan rings is 1. The molecule has 0 aliphatic carbocycles. The van der Waals surface area contributed by atoms with E-state index in [2.05, 4.69) is 10.4 Å². The van der Waals surface area contributed by atoms with Crippen LogP contribution in [0.25, 0.3) is 5.69 Å². The van der Waals surface area contributed by atoms with Gasteiger partial charge in [-0.1, -0.05) is 18.2 Å². The zero-order valence-corrected chi connectivity index (χ0v) is 17.3. The van der Waals surface area contributed by atoms with Crippen LogP contribution in [0.1, 0.15) is 28.8 Å². The molecule has 1 amide bonds. The highest BCUT2D eigenvalue weighted by Crippen LogP contribution is 2.22. The zero-order valence-electron chi connectivity index (χ0n) is 17.3. The van der Waals surface area contributed by atoms with Crippen LogP contribution in [0.5, 0.6) is 11.5 Å². The number of hydrogen-bond acceptors (Lipinski definition) is 6. The van der Waals surface area contributed by atoms with Crippen molar-refractivity contribution in [1.82, 2.24) is 9.78 Å². The third-order valence-electron chi connectivity index (χ3n) is 4.52. The van der Waals surface area contributed by atoms with Crippen LogP contribution >= 0.6 is 0 Å². The first-order valence-corrected chi connectivity index (χ1v) is 9.97. The van der Waals surface area contributed by atoms with Gasteiger partial charge in [0, 0.05) is 0 Å². The quantitative estimate of drug-likeness (QED) is 0.441. The van der Waals surface area contributed by atoms with Gasteiger partial charge in [-0.25, -0.2) is 4.68 Å². The average molecular weight is 428 g/mol. The summed E-state index contributed by atoms with van der Waals surface area (Å²) in [5.41, 5.74) is 0.959.